The minimum atomic E-state index is -0.716. The lowest BCUT2D eigenvalue weighted by atomic mass is 10.1. The highest BCUT2D eigenvalue weighted by molar-refractivity contribution is 6.37. The van der Waals surface area contributed by atoms with Crippen molar-refractivity contribution in [3.8, 4) is 5.75 Å². The van der Waals surface area contributed by atoms with Gasteiger partial charge in [0.05, 0.1) is 17.2 Å². The van der Waals surface area contributed by atoms with Crippen molar-refractivity contribution in [2.75, 3.05) is 13.7 Å². The van der Waals surface area contributed by atoms with E-state index in [1.165, 1.54) is 13.2 Å². The van der Waals surface area contributed by atoms with E-state index in [9.17, 15) is 14.4 Å². The van der Waals surface area contributed by atoms with Crippen LogP contribution in [-0.2, 0) is 20.9 Å². The molecule has 0 saturated carbocycles. The van der Waals surface area contributed by atoms with Gasteiger partial charge in [0.2, 0.25) is 0 Å². The number of esters is 1. The third-order valence-electron chi connectivity index (χ3n) is 4.31. The number of carbonyl (C=O) groups is 3. The van der Waals surface area contributed by atoms with Crippen LogP contribution in [0, 0.1) is 6.92 Å². The molecule has 1 saturated heterocycles. The Morgan fingerprint density at radius 2 is 1.77 bits per heavy atom. The third-order valence-corrected chi connectivity index (χ3v) is 4.87. The quantitative estimate of drug-likeness (QED) is 0.410. The number of carbonyl (C=O) groups excluding carboxylic acids is 3. The molecule has 1 heterocycles. The van der Waals surface area contributed by atoms with Gasteiger partial charge < -0.3 is 14.8 Å². The Kier molecular flexibility index (Phi) is 6.64. The average Bonchev–Trinajstić information content (AvgIpc) is 2.96. The average molecular weight is 449 g/mol. The van der Waals surface area contributed by atoms with Crippen molar-refractivity contribution in [3.05, 3.63) is 68.8 Å². The van der Waals surface area contributed by atoms with Crippen LogP contribution in [0.4, 0.5) is 4.79 Å². The fourth-order valence-corrected chi connectivity index (χ4v) is 3.33. The van der Waals surface area contributed by atoms with Crippen molar-refractivity contribution in [1.82, 2.24) is 10.2 Å². The molecule has 3 rings (SSSR count). The largest absolute Gasteiger partial charge is 0.486 e. The predicted octanol–water partition coefficient (Wildman–Crippen LogP) is 3.95. The Morgan fingerprint density at radius 1 is 1.13 bits per heavy atom. The van der Waals surface area contributed by atoms with Gasteiger partial charge in [0.25, 0.3) is 5.91 Å². The molecule has 7 nitrogen and oxygen atoms in total. The van der Waals surface area contributed by atoms with Crippen LogP contribution in [-0.4, -0.2) is 36.5 Å². The molecule has 1 aliphatic rings. The number of ether oxygens (including phenoxy) is 2. The van der Waals surface area contributed by atoms with Crippen molar-refractivity contribution in [2.45, 2.75) is 13.5 Å². The minimum Gasteiger partial charge on any atom is -0.486 e. The zero-order valence-corrected chi connectivity index (χ0v) is 17.7. The molecule has 0 unspecified atom stereocenters. The first-order valence-corrected chi connectivity index (χ1v) is 9.63. The van der Waals surface area contributed by atoms with Gasteiger partial charge in [-0.3, -0.25) is 9.59 Å². The molecule has 0 bridgehead atoms. The molecule has 0 aliphatic carbocycles. The summed E-state index contributed by atoms with van der Waals surface area (Å²) in [5.74, 6) is -1.05. The summed E-state index contributed by atoms with van der Waals surface area (Å²) in [6, 6.07) is 10.3. The smallest absolute Gasteiger partial charge is 0.329 e. The number of amides is 3. The zero-order chi connectivity index (χ0) is 21.8. The van der Waals surface area contributed by atoms with Crippen LogP contribution in [0.1, 0.15) is 16.7 Å². The van der Waals surface area contributed by atoms with Crippen LogP contribution in [0.2, 0.25) is 10.0 Å². The molecule has 9 heteroatoms. The van der Waals surface area contributed by atoms with E-state index >= 15 is 0 Å². The number of nitrogens with zero attached hydrogens (tertiary/aromatic N) is 1. The fraction of sp³-hybridized carbons (Fsp3) is 0.190. The lowest BCUT2D eigenvalue weighted by molar-refractivity contribution is -0.143. The molecule has 0 atom stereocenters. The van der Waals surface area contributed by atoms with E-state index in [0.29, 0.717) is 11.3 Å². The molecule has 2 aromatic carbocycles. The molecule has 3 amide bonds. The molecule has 2 aromatic rings. The Balaban J connectivity index is 1.76. The number of imide groups is 1. The highest BCUT2D eigenvalue weighted by Crippen LogP contribution is 2.35. The Bertz CT molecular complexity index is 1010. The topological polar surface area (TPSA) is 84.9 Å². The molecular weight excluding hydrogens is 431 g/mol. The van der Waals surface area contributed by atoms with Crippen LogP contribution >= 0.6 is 23.2 Å². The van der Waals surface area contributed by atoms with Crippen LogP contribution in [0.5, 0.6) is 5.75 Å². The molecule has 0 spiro atoms. The van der Waals surface area contributed by atoms with Gasteiger partial charge in [-0.25, -0.2) is 9.69 Å². The fourth-order valence-electron chi connectivity index (χ4n) is 2.72. The third kappa shape index (κ3) is 4.93. The van der Waals surface area contributed by atoms with Crippen molar-refractivity contribution >= 4 is 47.2 Å². The molecular formula is C21H18Cl2N2O5. The molecule has 0 radical (unpaired) electrons. The molecule has 30 heavy (non-hydrogen) atoms. The van der Waals surface area contributed by atoms with Gasteiger partial charge in [-0.2, -0.15) is 0 Å². The number of methoxy groups -OCH3 is 1. The van der Waals surface area contributed by atoms with Crippen molar-refractivity contribution in [2.24, 2.45) is 0 Å². The number of rotatable bonds is 6. The summed E-state index contributed by atoms with van der Waals surface area (Å²) in [7, 11) is 1.17. The zero-order valence-electron chi connectivity index (χ0n) is 16.2. The van der Waals surface area contributed by atoms with E-state index in [-0.39, 0.29) is 22.3 Å². The first-order chi connectivity index (χ1) is 14.3. The number of nitrogens with one attached hydrogen (secondary N) is 1. The van der Waals surface area contributed by atoms with Gasteiger partial charge in [-0.15, -0.1) is 0 Å². The second kappa shape index (κ2) is 9.19. The van der Waals surface area contributed by atoms with Crippen LogP contribution in [0.15, 0.2) is 42.1 Å². The maximum atomic E-state index is 12.4. The van der Waals surface area contributed by atoms with Gasteiger partial charge >= 0.3 is 12.0 Å². The monoisotopic (exact) mass is 448 g/mol. The SMILES string of the molecule is COC(=O)CN1C(=O)N/C(=C/c2cc(Cl)c(OCc3ccc(C)cc3)c(Cl)c2)C1=O. The Labute approximate surface area is 183 Å². The first kappa shape index (κ1) is 21.7. The van der Waals surface area contributed by atoms with E-state index in [4.69, 9.17) is 27.9 Å². The number of hydrogen-bond donors (Lipinski definition) is 1. The molecule has 1 fully saturated rings. The number of urea groups is 1. The normalized spacial score (nSPS) is 14.8. The minimum absolute atomic E-state index is 0.00985. The van der Waals surface area contributed by atoms with E-state index in [1.807, 2.05) is 31.2 Å². The summed E-state index contributed by atoms with van der Waals surface area (Å²) < 4.78 is 10.2. The van der Waals surface area contributed by atoms with Crippen molar-refractivity contribution in [1.29, 1.82) is 0 Å². The van der Waals surface area contributed by atoms with Gasteiger partial charge in [0.1, 0.15) is 18.8 Å². The maximum absolute atomic E-state index is 12.4. The Hall–Kier alpha value is -3.03. The number of halogens is 2. The van der Waals surface area contributed by atoms with E-state index < -0.39 is 24.5 Å². The van der Waals surface area contributed by atoms with Gasteiger partial charge in [-0.1, -0.05) is 53.0 Å². The summed E-state index contributed by atoms with van der Waals surface area (Å²) in [6.07, 6.45) is 1.42. The molecule has 0 aromatic heterocycles. The summed E-state index contributed by atoms with van der Waals surface area (Å²) in [6.45, 7) is 1.81. The van der Waals surface area contributed by atoms with E-state index in [0.717, 1.165) is 16.0 Å². The van der Waals surface area contributed by atoms with E-state index in [1.54, 1.807) is 12.1 Å². The summed E-state index contributed by atoms with van der Waals surface area (Å²) in [4.78, 5) is 36.4. The van der Waals surface area contributed by atoms with Crippen molar-refractivity contribution in [3.63, 3.8) is 0 Å². The second-order valence-corrected chi connectivity index (χ2v) is 7.36. The van der Waals surface area contributed by atoms with E-state index in [2.05, 4.69) is 10.1 Å². The van der Waals surface area contributed by atoms with Crippen molar-refractivity contribution < 1.29 is 23.9 Å². The number of benzene rings is 2. The summed E-state index contributed by atoms with van der Waals surface area (Å²) >= 11 is 12.6. The standard InChI is InChI=1S/C21H18Cl2N2O5/c1-12-3-5-13(6-4-12)11-30-19-15(22)7-14(8-16(19)23)9-17-20(27)25(21(28)24-17)10-18(26)29-2/h3-9H,10-11H2,1-2H3,(H,24,28)/b17-9+. The number of hydrogen-bond acceptors (Lipinski definition) is 5. The lowest BCUT2D eigenvalue weighted by Gasteiger charge is -2.11. The molecule has 156 valence electrons. The Morgan fingerprint density at radius 3 is 2.37 bits per heavy atom. The molecule has 1 N–H and O–H groups in total. The summed E-state index contributed by atoms with van der Waals surface area (Å²) in [5, 5.41) is 2.92. The van der Waals surface area contributed by atoms with Crippen LogP contribution < -0.4 is 10.1 Å². The first-order valence-electron chi connectivity index (χ1n) is 8.87. The van der Waals surface area contributed by atoms with Gasteiger partial charge in [-0.05, 0) is 36.3 Å². The molecule has 1 aliphatic heterocycles. The lowest BCUT2D eigenvalue weighted by Crippen LogP contribution is -2.36. The maximum Gasteiger partial charge on any atom is 0.329 e. The number of aryl methyl sites for hydroxylation is 1. The highest BCUT2D eigenvalue weighted by atomic mass is 35.5. The van der Waals surface area contributed by atoms with Gasteiger partial charge in [0, 0.05) is 0 Å². The summed E-state index contributed by atoms with van der Waals surface area (Å²) in [5.41, 5.74) is 2.58. The van der Waals surface area contributed by atoms with Gasteiger partial charge in [0.15, 0.2) is 5.75 Å². The van der Waals surface area contributed by atoms with Crippen LogP contribution in [0.25, 0.3) is 6.08 Å². The second-order valence-electron chi connectivity index (χ2n) is 6.54. The van der Waals surface area contributed by atoms with Crippen LogP contribution in [0.3, 0.4) is 0 Å². The highest BCUT2D eigenvalue weighted by Gasteiger charge is 2.35. The predicted molar refractivity (Wildman–Crippen MR) is 112 cm³/mol.